The summed E-state index contributed by atoms with van der Waals surface area (Å²) in [5.74, 6) is 0.924. The van der Waals surface area contributed by atoms with Gasteiger partial charge in [-0.3, -0.25) is 0 Å². The molecule has 0 bridgehead atoms. The normalized spacial score (nSPS) is 21.1. The summed E-state index contributed by atoms with van der Waals surface area (Å²) in [5.41, 5.74) is 7.44. The molecule has 0 spiro atoms. The number of hydrogen-bond acceptors (Lipinski definition) is 3. The molecule has 1 saturated heterocycles. The van der Waals surface area contributed by atoms with Crippen LogP contribution in [0.5, 0.6) is 5.75 Å². The number of para-hydroxylation sites is 1. The van der Waals surface area contributed by atoms with Crippen LogP contribution in [0.2, 0.25) is 0 Å². The van der Waals surface area contributed by atoms with Gasteiger partial charge in [0.25, 0.3) is 0 Å². The van der Waals surface area contributed by atoms with E-state index >= 15 is 0 Å². The maximum Gasteiger partial charge on any atom is 0.124 e. The van der Waals surface area contributed by atoms with E-state index in [1.165, 1.54) is 12.8 Å². The highest BCUT2D eigenvalue weighted by atomic mass is 16.5. The molecule has 0 radical (unpaired) electrons. The first-order chi connectivity index (χ1) is 9.31. The summed E-state index contributed by atoms with van der Waals surface area (Å²) in [5, 5.41) is 0. The number of hydrogen-bond donors (Lipinski definition) is 1. The maximum absolute atomic E-state index is 6.34. The van der Waals surface area contributed by atoms with Crippen molar-refractivity contribution in [1.29, 1.82) is 0 Å². The van der Waals surface area contributed by atoms with Crippen LogP contribution in [-0.2, 0) is 4.74 Å². The Morgan fingerprint density at radius 1 is 1.37 bits per heavy atom. The first-order valence-electron chi connectivity index (χ1n) is 7.40. The van der Waals surface area contributed by atoms with Crippen LogP contribution in [0, 0.1) is 0 Å². The lowest BCUT2D eigenvalue weighted by Gasteiger charge is -2.26. The largest absolute Gasteiger partial charge is 0.493 e. The molecule has 0 amide bonds. The molecule has 106 valence electrons. The van der Waals surface area contributed by atoms with Crippen molar-refractivity contribution in [2.24, 2.45) is 5.73 Å². The lowest BCUT2D eigenvalue weighted by atomic mass is 9.97. The minimum absolute atomic E-state index is 0.00356. The topological polar surface area (TPSA) is 44.5 Å². The second kappa shape index (κ2) is 7.51. The first-order valence-corrected chi connectivity index (χ1v) is 7.40. The highest BCUT2D eigenvalue weighted by Gasteiger charge is 2.20. The van der Waals surface area contributed by atoms with Gasteiger partial charge in [0.05, 0.1) is 12.7 Å². The minimum Gasteiger partial charge on any atom is -0.493 e. The lowest BCUT2D eigenvalue weighted by molar-refractivity contribution is 0.00717. The molecule has 2 atom stereocenters. The van der Waals surface area contributed by atoms with Gasteiger partial charge in [-0.25, -0.2) is 0 Å². The molecule has 19 heavy (non-hydrogen) atoms. The Kier molecular flexibility index (Phi) is 5.67. The van der Waals surface area contributed by atoms with Crippen molar-refractivity contribution in [2.75, 3.05) is 13.2 Å². The van der Waals surface area contributed by atoms with E-state index in [1.54, 1.807) is 0 Å². The number of benzene rings is 1. The summed E-state index contributed by atoms with van der Waals surface area (Å²) in [7, 11) is 0. The summed E-state index contributed by atoms with van der Waals surface area (Å²) in [6.45, 7) is 3.73. The van der Waals surface area contributed by atoms with Crippen LogP contribution in [0.25, 0.3) is 0 Å². The van der Waals surface area contributed by atoms with Crippen molar-refractivity contribution in [3.05, 3.63) is 29.8 Å². The molecule has 1 fully saturated rings. The standard InChI is InChI=1S/C16H25NO2/c1-2-10-19-16-9-4-3-8-14(16)15(17)12-13-7-5-6-11-18-13/h3-4,8-9,13,15H,2,5-7,10-12,17H2,1H3. The van der Waals surface area contributed by atoms with E-state index in [0.29, 0.717) is 6.10 Å². The predicted octanol–water partition coefficient (Wildman–Crippen LogP) is 3.43. The van der Waals surface area contributed by atoms with Gasteiger partial charge in [0.2, 0.25) is 0 Å². The molecule has 2 rings (SSSR count). The zero-order valence-electron chi connectivity index (χ0n) is 11.8. The Bertz CT molecular complexity index is 375. The van der Waals surface area contributed by atoms with E-state index in [2.05, 4.69) is 13.0 Å². The van der Waals surface area contributed by atoms with Crippen LogP contribution in [0.15, 0.2) is 24.3 Å². The molecular formula is C16H25NO2. The van der Waals surface area contributed by atoms with Crippen LogP contribution in [-0.4, -0.2) is 19.3 Å². The molecular weight excluding hydrogens is 238 g/mol. The monoisotopic (exact) mass is 263 g/mol. The van der Waals surface area contributed by atoms with Crippen LogP contribution in [0.1, 0.15) is 50.6 Å². The van der Waals surface area contributed by atoms with E-state index in [0.717, 1.165) is 43.8 Å². The molecule has 3 heteroatoms. The predicted molar refractivity (Wildman–Crippen MR) is 77.4 cm³/mol. The molecule has 1 aromatic carbocycles. The molecule has 1 heterocycles. The van der Waals surface area contributed by atoms with E-state index in [9.17, 15) is 0 Å². The number of rotatable bonds is 6. The third kappa shape index (κ3) is 4.22. The fourth-order valence-corrected chi connectivity index (χ4v) is 2.53. The average Bonchev–Trinajstić information content (AvgIpc) is 2.46. The third-order valence-corrected chi connectivity index (χ3v) is 3.57. The summed E-state index contributed by atoms with van der Waals surface area (Å²) in [6.07, 6.45) is 5.77. The van der Waals surface area contributed by atoms with E-state index < -0.39 is 0 Å². The number of nitrogens with two attached hydrogens (primary N) is 1. The fourth-order valence-electron chi connectivity index (χ4n) is 2.53. The van der Waals surface area contributed by atoms with Crippen molar-refractivity contribution in [2.45, 2.75) is 51.2 Å². The van der Waals surface area contributed by atoms with Gasteiger partial charge in [-0.05, 0) is 38.2 Å². The molecule has 0 saturated carbocycles. The van der Waals surface area contributed by atoms with E-state index in [4.69, 9.17) is 15.2 Å². The van der Waals surface area contributed by atoms with E-state index in [1.807, 2.05) is 18.2 Å². The Hall–Kier alpha value is -1.06. The SMILES string of the molecule is CCCOc1ccccc1C(N)CC1CCCCO1. The second-order valence-corrected chi connectivity index (χ2v) is 5.22. The smallest absolute Gasteiger partial charge is 0.124 e. The van der Waals surface area contributed by atoms with Crippen molar-refractivity contribution in [1.82, 2.24) is 0 Å². The van der Waals surface area contributed by atoms with Gasteiger partial charge < -0.3 is 15.2 Å². The Morgan fingerprint density at radius 3 is 2.95 bits per heavy atom. The third-order valence-electron chi connectivity index (χ3n) is 3.57. The zero-order valence-corrected chi connectivity index (χ0v) is 11.8. The van der Waals surface area contributed by atoms with Crippen LogP contribution < -0.4 is 10.5 Å². The van der Waals surface area contributed by atoms with Crippen LogP contribution in [0.3, 0.4) is 0 Å². The van der Waals surface area contributed by atoms with Gasteiger partial charge in [-0.15, -0.1) is 0 Å². The Morgan fingerprint density at radius 2 is 2.21 bits per heavy atom. The lowest BCUT2D eigenvalue weighted by Crippen LogP contribution is -2.25. The van der Waals surface area contributed by atoms with Gasteiger partial charge in [0.15, 0.2) is 0 Å². The highest BCUT2D eigenvalue weighted by Crippen LogP contribution is 2.29. The highest BCUT2D eigenvalue weighted by molar-refractivity contribution is 5.35. The molecule has 0 aromatic heterocycles. The first kappa shape index (κ1) is 14.4. The van der Waals surface area contributed by atoms with Crippen LogP contribution >= 0.6 is 0 Å². The van der Waals surface area contributed by atoms with Crippen LogP contribution in [0.4, 0.5) is 0 Å². The number of ether oxygens (including phenoxy) is 2. The van der Waals surface area contributed by atoms with Crippen molar-refractivity contribution < 1.29 is 9.47 Å². The molecule has 1 aliphatic rings. The van der Waals surface area contributed by atoms with Gasteiger partial charge in [-0.1, -0.05) is 25.1 Å². The summed E-state index contributed by atoms with van der Waals surface area (Å²) >= 11 is 0. The average molecular weight is 263 g/mol. The van der Waals surface area contributed by atoms with Gasteiger partial charge in [0.1, 0.15) is 5.75 Å². The van der Waals surface area contributed by atoms with Gasteiger partial charge in [0, 0.05) is 18.2 Å². The minimum atomic E-state index is -0.00356. The maximum atomic E-state index is 6.34. The van der Waals surface area contributed by atoms with Gasteiger partial charge >= 0.3 is 0 Å². The molecule has 1 aromatic rings. The fraction of sp³-hybridized carbons (Fsp3) is 0.625. The van der Waals surface area contributed by atoms with Gasteiger partial charge in [-0.2, -0.15) is 0 Å². The second-order valence-electron chi connectivity index (χ2n) is 5.22. The molecule has 2 N–H and O–H groups in total. The van der Waals surface area contributed by atoms with E-state index in [-0.39, 0.29) is 6.04 Å². The summed E-state index contributed by atoms with van der Waals surface area (Å²) < 4.78 is 11.5. The molecule has 3 nitrogen and oxygen atoms in total. The summed E-state index contributed by atoms with van der Waals surface area (Å²) in [4.78, 5) is 0. The van der Waals surface area contributed by atoms with Crippen molar-refractivity contribution in [3.63, 3.8) is 0 Å². The quantitative estimate of drug-likeness (QED) is 0.855. The Labute approximate surface area is 116 Å². The summed E-state index contributed by atoms with van der Waals surface area (Å²) in [6, 6.07) is 8.09. The van der Waals surface area contributed by atoms with Crippen molar-refractivity contribution >= 4 is 0 Å². The van der Waals surface area contributed by atoms with Crippen molar-refractivity contribution in [3.8, 4) is 5.75 Å². The molecule has 2 unspecified atom stereocenters. The Balaban J connectivity index is 1.98. The molecule has 1 aliphatic heterocycles. The molecule has 0 aliphatic carbocycles. The zero-order chi connectivity index (χ0) is 13.5.